The first-order valence-corrected chi connectivity index (χ1v) is 8.06. The number of carbonyl (C=O) groups is 1. The summed E-state index contributed by atoms with van der Waals surface area (Å²) in [6.07, 6.45) is 6.12. The molecule has 0 aliphatic heterocycles. The summed E-state index contributed by atoms with van der Waals surface area (Å²) in [6.45, 7) is 2.02. The van der Waals surface area contributed by atoms with Crippen molar-refractivity contribution in [1.29, 1.82) is 0 Å². The number of hydrogen-bond acceptors (Lipinski definition) is 1. The van der Waals surface area contributed by atoms with Crippen molar-refractivity contribution < 1.29 is 9.36 Å². The van der Waals surface area contributed by atoms with Gasteiger partial charge in [0.05, 0.1) is 5.56 Å². The van der Waals surface area contributed by atoms with E-state index >= 15 is 0 Å². The van der Waals surface area contributed by atoms with Crippen LogP contribution in [0.2, 0.25) is 0 Å². The zero-order valence-corrected chi connectivity index (χ0v) is 13.8. The molecule has 0 N–H and O–H groups in total. The molecule has 0 bridgehead atoms. The van der Waals surface area contributed by atoms with Crippen molar-refractivity contribution >= 4 is 17.9 Å². The van der Waals surface area contributed by atoms with Gasteiger partial charge in [-0.3, -0.25) is 4.79 Å². The molecule has 0 spiro atoms. The Morgan fingerprint density at radius 3 is 2.42 bits per heavy atom. The van der Waals surface area contributed by atoms with Crippen LogP contribution in [-0.4, -0.2) is 5.78 Å². The molecule has 2 heteroatoms. The Kier molecular flexibility index (Phi) is 3.39. The molecule has 1 aliphatic rings. The fourth-order valence-electron chi connectivity index (χ4n) is 3.21. The number of ketones is 1. The van der Waals surface area contributed by atoms with Crippen LogP contribution in [0.1, 0.15) is 32.7 Å². The Hall–Kier alpha value is -3.00. The molecule has 2 aromatic carbocycles. The number of fused-ring (bicyclic) bond motifs is 3. The molecule has 24 heavy (non-hydrogen) atoms. The third-order valence-corrected chi connectivity index (χ3v) is 4.51. The van der Waals surface area contributed by atoms with Crippen LogP contribution >= 0.6 is 0 Å². The van der Waals surface area contributed by atoms with E-state index in [-0.39, 0.29) is 5.78 Å². The lowest BCUT2D eigenvalue weighted by Crippen LogP contribution is -2.32. The van der Waals surface area contributed by atoms with Gasteiger partial charge in [0.2, 0.25) is 5.69 Å². The standard InChI is InChI=1S/C22H18NO/c1-15-8-11-18-19-13-17(10-9-16-6-4-3-5-7-16)23(2)14-21(19)22(24)20(18)12-15/h3-14H,1-2H3/q+1/b10-9+. The lowest BCUT2D eigenvalue weighted by Gasteiger charge is -2.01. The van der Waals surface area contributed by atoms with E-state index < -0.39 is 0 Å². The summed E-state index contributed by atoms with van der Waals surface area (Å²) in [4.78, 5) is 12.7. The highest BCUT2D eigenvalue weighted by Gasteiger charge is 2.30. The second kappa shape index (κ2) is 5.57. The Morgan fingerprint density at radius 1 is 0.833 bits per heavy atom. The summed E-state index contributed by atoms with van der Waals surface area (Å²) in [6, 6.07) is 18.4. The summed E-state index contributed by atoms with van der Waals surface area (Å²) in [5.41, 5.74) is 7.01. The number of nitrogens with zero attached hydrogens (tertiary/aromatic N) is 1. The fourth-order valence-corrected chi connectivity index (χ4v) is 3.21. The minimum absolute atomic E-state index is 0.123. The zero-order chi connectivity index (χ0) is 16.7. The van der Waals surface area contributed by atoms with Gasteiger partial charge in [0.25, 0.3) is 0 Å². The third-order valence-electron chi connectivity index (χ3n) is 4.51. The Labute approximate surface area is 141 Å². The van der Waals surface area contributed by atoms with Gasteiger partial charge in [0, 0.05) is 23.3 Å². The second-order valence-electron chi connectivity index (χ2n) is 6.26. The predicted octanol–water partition coefficient (Wildman–Crippen LogP) is 4.20. The molecule has 1 heterocycles. The summed E-state index contributed by atoms with van der Waals surface area (Å²) in [5.74, 6) is 0.123. The van der Waals surface area contributed by atoms with Gasteiger partial charge < -0.3 is 0 Å². The first-order valence-electron chi connectivity index (χ1n) is 8.06. The maximum absolute atomic E-state index is 12.7. The van der Waals surface area contributed by atoms with Crippen LogP contribution in [0.4, 0.5) is 0 Å². The van der Waals surface area contributed by atoms with Crippen molar-refractivity contribution in [1.82, 2.24) is 0 Å². The molecule has 0 fully saturated rings. The van der Waals surface area contributed by atoms with Crippen LogP contribution in [0.15, 0.2) is 60.8 Å². The number of carbonyl (C=O) groups excluding carboxylic acids is 1. The van der Waals surface area contributed by atoms with Crippen LogP contribution in [0.5, 0.6) is 0 Å². The van der Waals surface area contributed by atoms with Crippen LogP contribution in [0.3, 0.4) is 0 Å². The Morgan fingerprint density at radius 2 is 1.62 bits per heavy atom. The molecular weight excluding hydrogens is 294 g/mol. The van der Waals surface area contributed by atoms with E-state index in [1.165, 1.54) is 0 Å². The molecule has 0 unspecified atom stereocenters. The van der Waals surface area contributed by atoms with Gasteiger partial charge in [-0.1, -0.05) is 48.0 Å². The number of aromatic nitrogens is 1. The number of pyridine rings is 1. The van der Waals surface area contributed by atoms with Gasteiger partial charge in [-0.25, -0.2) is 4.57 Å². The third kappa shape index (κ3) is 2.37. The molecule has 3 aromatic rings. The van der Waals surface area contributed by atoms with E-state index in [1.54, 1.807) is 0 Å². The lowest BCUT2D eigenvalue weighted by molar-refractivity contribution is -0.673. The van der Waals surface area contributed by atoms with Gasteiger partial charge in [-0.05, 0) is 30.2 Å². The van der Waals surface area contributed by atoms with Crippen molar-refractivity contribution in [3.63, 3.8) is 0 Å². The van der Waals surface area contributed by atoms with Gasteiger partial charge in [0.1, 0.15) is 7.05 Å². The highest BCUT2D eigenvalue weighted by atomic mass is 16.1. The maximum Gasteiger partial charge on any atom is 0.205 e. The van der Waals surface area contributed by atoms with E-state index in [4.69, 9.17) is 0 Å². The molecule has 0 atom stereocenters. The van der Waals surface area contributed by atoms with E-state index in [9.17, 15) is 4.79 Å². The van der Waals surface area contributed by atoms with Crippen molar-refractivity contribution in [3.8, 4) is 11.1 Å². The molecule has 0 radical (unpaired) electrons. The normalized spacial score (nSPS) is 12.5. The minimum atomic E-state index is 0.123. The largest absolute Gasteiger partial charge is 0.288 e. The molecule has 1 aliphatic carbocycles. The number of aryl methyl sites for hydroxylation is 2. The average Bonchev–Trinajstić information content (AvgIpc) is 2.85. The summed E-state index contributed by atoms with van der Waals surface area (Å²) in [7, 11) is 1.98. The SMILES string of the molecule is Cc1ccc2c(c1)C(=O)c1c[n+](C)c(/C=C/c3ccccc3)cc1-2. The van der Waals surface area contributed by atoms with E-state index in [0.29, 0.717) is 0 Å². The Balaban J connectivity index is 1.81. The topological polar surface area (TPSA) is 20.9 Å². The predicted molar refractivity (Wildman–Crippen MR) is 96.6 cm³/mol. The van der Waals surface area contributed by atoms with Crippen molar-refractivity contribution in [3.05, 3.63) is 88.7 Å². The summed E-state index contributed by atoms with van der Waals surface area (Å²) < 4.78 is 2.01. The second-order valence-corrected chi connectivity index (χ2v) is 6.26. The van der Waals surface area contributed by atoms with Gasteiger partial charge in [-0.2, -0.15) is 0 Å². The molecular formula is C22H18NO+. The number of hydrogen-bond donors (Lipinski definition) is 0. The molecule has 4 rings (SSSR count). The molecule has 2 nitrogen and oxygen atoms in total. The fraction of sp³-hybridized carbons (Fsp3) is 0.0909. The van der Waals surface area contributed by atoms with E-state index in [0.717, 1.165) is 39.1 Å². The molecule has 0 amide bonds. The smallest absolute Gasteiger partial charge is 0.205 e. The van der Waals surface area contributed by atoms with Gasteiger partial charge >= 0.3 is 0 Å². The van der Waals surface area contributed by atoms with Crippen LogP contribution < -0.4 is 4.57 Å². The average molecular weight is 312 g/mol. The lowest BCUT2D eigenvalue weighted by atomic mass is 10.0. The van der Waals surface area contributed by atoms with Crippen LogP contribution in [0.25, 0.3) is 23.3 Å². The first kappa shape index (κ1) is 14.6. The van der Waals surface area contributed by atoms with Crippen LogP contribution in [0, 0.1) is 6.92 Å². The zero-order valence-electron chi connectivity index (χ0n) is 13.8. The minimum Gasteiger partial charge on any atom is -0.288 e. The molecule has 0 saturated heterocycles. The number of benzene rings is 2. The molecule has 1 aromatic heterocycles. The van der Waals surface area contributed by atoms with E-state index in [1.807, 2.05) is 49.0 Å². The van der Waals surface area contributed by atoms with E-state index in [2.05, 4.69) is 42.5 Å². The highest BCUT2D eigenvalue weighted by molar-refractivity contribution is 6.21. The summed E-state index contributed by atoms with van der Waals surface area (Å²) >= 11 is 0. The van der Waals surface area contributed by atoms with Crippen molar-refractivity contribution in [2.75, 3.05) is 0 Å². The van der Waals surface area contributed by atoms with Gasteiger partial charge in [-0.15, -0.1) is 0 Å². The molecule has 0 saturated carbocycles. The Bertz CT molecular complexity index is 984. The maximum atomic E-state index is 12.7. The van der Waals surface area contributed by atoms with Crippen molar-refractivity contribution in [2.24, 2.45) is 7.05 Å². The first-order chi connectivity index (χ1) is 11.6. The highest BCUT2D eigenvalue weighted by Crippen LogP contribution is 2.36. The van der Waals surface area contributed by atoms with Gasteiger partial charge in [0.15, 0.2) is 12.0 Å². The summed E-state index contributed by atoms with van der Waals surface area (Å²) in [5, 5.41) is 0. The molecule has 116 valence electrons. The van der Waals surface area contributed by atoms with Crippen molar-refractivity contribution in [2.45, 2.75) is 6.92 Å². The number of rotatable bonds is 2. The van der Waals surface area contributed by atoms with Crippen LogP contribution in [-0.2, 0) is 7.05 Å². The quantitative estimate of drug-likeness (QED) is 0.508. The monoisotopic (exact) mass is 312 g/mol.